The highest BCUT2D eigenvalue weighted by Gasteiger charge is 2.27. The molecule has 0 saturated carbocycles. The van der Waals surface area contributed by atoms with Crippen LogP contribution in [-0.4, -0.2) is 31.3 Å². The van der Waals surface area contributed by atoms with Gasteiger partial charge in [0.15, 0.2) is 6.61 Å². The number of carbonyl (C=O) groups excluding carboxylic acids is 2. The number of rotatable bonds is 10. The van der Waals surface area contributed by atoms with Gasteiger partial charge in [-0.1, -0.05) is 58.9 Å². The zero-order chi connectivity index (χ0) is 27.1. The SMILES string of the molecule is CCOC(=O)c1ccc(-c2ccc(/C=N/NC(=O)COc3ccc(C(C)(C)CC(C)(C)C)cc3)o2)cc1. The van der Waals surface area contributed by atoms with E-state index in [1.54, 1.807) is 43.3 Å². The summed E-state index contributed by atoms with van der Waals surface area (Å²) in [7, 11) is 0. The van der Waals surface area contributed by atoms with Crippen LogP contribution in [0.25, 0.3) is 11.3 Å². The molecule has 0 atom stereocenters. The third kappa shape index (κ3) is 8.34. The predicted molar refractivity (Wildman–Crippen MR) is 145 cm³/mol. The van der Waals surface area contributed by atoms with Crippen molar-refractivity contribution in [1.82, 2.24) is 5.43 Å². The molecule has 196 valence electrons. The van der Waals surface area contributed by atoms with E-state index in [-0.39, 0.29) is 29.3 Å². The summed E-state index contributed by atoms with van der Waals surface area (Å²) in [6.07, 6.45) is 2.47. The Kier molecular flexibility index (Phi) is 8.92. The van der Waals surface area contributed by atoms with E-state index in [1.165, 1.54) is 11.8 Å². The number of hydrazone groups is 1. The van der Waals surface area contributed by atoms with Gasteiger partial charge in [-0.15, -0.1) is 0 Å². The zero-order valence-electron chi connectivity index (χ0n) is 22.5. The molecule has 37 heavy (non-hydrogen) atoms. The first-order valence-electron chi connectivity index (χ1n) is 12.4. The second-order valence-corrected chi connectivity index (χ2v) is 10.7. The lowest BCUT2D eigenvalue weighted by atomic mass is 9.72. The molecule has 7 heteroatoms. The van der Waals surface area contributed by atoms with Crippen molar-refractivity contribution in [3.05, 3.63) is 77.6 Å². The minimum Gasteiger partial charge on any atom is -0.484 e. The maximum absolute atomic E-state index is 12.1. The second-order valence-electron chi connectivity index (χ2n) is 10.7. The molecule has 1 aromatic heterocycles. The Bertz CT molecular complexity index is 1220. The summed E-state index contributed by atoms with van der Waals surface area (Å²) in [6.45, 7) is 13.1. The summed E-state index contributed by atoms with van der Waals surface area (Å²) in [6, 6.07) is 18.3. The number of benzene rings is 2. The van der Waals surface area contributed by atoms with Crippen molar-refractivity contribution in [2.75, 3.05) is 13.2 Å². The van der Waals surface area contributed by atoms with Crippen molar-refractivity contribution >= 4 is 18.1 Å². The standard InChI is InChI=1S/C30H36N2O5/c1-7-35-28(34)22-10-8-21(9-11-22)26-17-16-25(37-26)18-31-32-27(33)19-36-24-14-12-23(13-15-24)30(5,6)20-29(2,3)4/h8-18H,7,19-20H2,1-6H3,(H,32,33)/b31-18+. The lowest BCUT2D eigenvalue weighted by Crippen LogP contribution is -2.25. The molecule has 1 amide bonds. The van der Waals surface area contributed by atoms with Crippen molar-refractivity contribution < 1.29 is 23.5 Å². The van der Waals surface area contributed by atoms with E-state index >= 15 is 0 Å². The van der Waals surface area contributed by atoms with Crippen LogP contribution < -0.4 is 10.2 Å². The molecule has 2 aromatic carbocycles. The molecule has 1 heterocycles. The molecule has 0 saturated heterocycles. The van der Waals surface area contributed by atoms with Gasteiger partial charge in [0.05, 0.1) is 18.4 Å². The highest BCUT2D eigenvalue weighted by Crippen LogP contribution is 2.36. The number of amides is 1. The van der Waals surface area contributed by atoms with Crippen molar-refractivity contribution in [1.29, 1.82) is 0 Å². The minimum absolute atomic E-state index is 0.0423. The van der Waals surface area contributed by atoms with Crippen molar-refractivity contribution in [3.63, 3.8) is 0 Å². The Morgan fingerprint density at radius 3 is 2.24 bits per heavy atom. The normalized spacial score (nSPS) is 11.9. The first-order valence-corrected chi connectivity index (χ1v) is 12.4. The van der Waals surface area contributed by atoms with E-state index in [9.17, 15) is 9.59 Å². The molecule has 0 unspecified atom stereocenters. The maximum Gasteiger partial charge on any atom is 0.338 e. The summed E-state index contributed by atoms with van der Waals surface area (Å²) in [5.74, 6) is 0.965. The third-order valence-electron chi connectivity index (χ3n) is 5.67. The number of nitrogens with one attached hydrogen (secondary N) is 1. The molecule has 0 bridgehead atoms. The van der Waals surface area contributed by atoms with Gasteiger partial charge in [0.2, 0.25) is 0 Å². The Morgan fingerprint density at radius 1 is 0.946 bits per heavy atom. The van der Waals surface area contributed by atoms with Crippen LogP contribution in [0.4, 0.5) is 0 Å². The zero-order valence-corrected chi connectivity index (χ0v) is 22.5. The molecule has 0 fully saturated rings. The van der Waals surface area contributed by atoms with E-state index in [2.05, 4.69) is 57.3 Å². The smallest absolute Gasteiger partial charge is 0.338 e. The van der Waals surface area contributed by atoms with Gasteiger partial charge in [0.1, 0.15) is 17.3 Å². The minimum atomic E-state index is -0.380. The van der Waals surface area contributed by atoms with Gasteiger partial charge in [-0.25, -0.2) is 10.2 Å². The van der Waals surface area contributed by atoms with Gasteiger partial charge < -0.3 is 13.9 Å². The van der Waals surface area contributed by atoms with E-state index in [1.807, 2.05) is 12.1 Å². The summed E-state index contributed by atoms with van der Waals surface area (Å²) in [5, 5.41) is 3.94. The van der Waals surface area contributed by atoms with E-state index < -0.39 is 0 Å². The second kappa shape index (κ2) is 11.9. The summed E-state index contributed by atoms with van der Waals surface area (Å²) in [5.41, 5.74) is 5.22. The van der Waals surface area contributed by atoms with Crippen LogP contribution in [0, 0.1) is 5.41 Å². The molecule has 3 aromatic rings. The average Bonchev–Trinajstić information content (AvgIpc) is 3.31. The number of hydrogen-bond acceptors (Lipinski definition) is 6. The van der Waals surface area contributed by atoms with Crippen LogP contribution >= 0.6 is 0 Å². The first-order chi connectivity index (χ1) is 17.5. The van der Waals surface area contributed by atoms with Crippen molar-refractivity contribution in [2.45, 2.75) is 53.4 Å². The van der Waals surface area contributed by atoms with Crippen LogP contribution in [0.15, 0.2) is 70.2 Å². The molecule has 7 nitrogen and oxygen atoms in total. The van der Waals surface area contributed by atoms with Crippen LogP contribution in [0.3, 0.4) is 0 Å². The number of hydrogen-bond donors (Lipinski definition) is 1. The fraction of sp³-hybridized carbons (Fsp3) is 0.367. The number of carbonyl (C=O) groups is 2. The number of esters is 1. The Labute approximate surface area is 218 Å². The average molecular weight is 505 g/mol. The summed E-state index contributed by atoms with van der Waals surface area (Å²) < 4.78 is 16.3. The predicted octanol–water partition coefficient (Wildman–Crippen LogP) is 6.37. The quantitative estimate of drug-likeness (QED) is 0.197. The number of nitrogens with zero attached hydrogens (tertiary/aromatic N) is 1. The lowest BCUT2D eigenvalue weighted by Gasteiger charge is -2.33. The molecule has 0 aliphatic carbocycles. The molecule has 0 aliphatic rings. The fourth-order valence-electron chi connectivity index (χ4n) is 4.34. The van der Waals surface area contributed by atoms with Gasteiger partial charge in [0, 0.05) is 5.56 Å². The van der Waals surface area contributed by atoms with E-state index in [4.69, 9.17) is 13.9 Å². The highest BCUT2D eigenvalue weighted by atomic mass is 16.5. The van der Waals surface area contributed by atoms with Gasteiger partial charge in [0.25, 0.3) is 5.91 Å². The largest absolute Gasteiger partial charge is 0.484 e. The summed E-state index contributed by atoms with van der Waals surface area (Å²) in [4.78, 5) is 23.9. The highest BCUT2D eigenvalue weighted by molar-refractivity contribution is 5.90. The monoisotopic (exact) mass is 504 g/mol. The molecule has 0 aliphatic heterocycles. The summed E-state index contributed by atoms with van der Waals surface area (Å²) >= 11 is 0. The molecule has 0 radical (unpaired) electrons. The first kappa shape index (κ1) is 27.7. The fourth-order valence-corrected chi connectivity index (χ4v) is 4.34. The number of furan rings is 1. The Hall–Kier alpha value is -3.87. The van der Waals surface area contributed by atoms with Crippen LogP contribution in [0.5, 0.6) is 5.75 Å². The van der Waals surface area contributed by atoms with E-state index in [0.717, 1.165) is 12.0 Å². The van der Waals surface area contributed by atoms with Gasteiger partial charge in [-0.05, 0) is 66.1 Å². The van der Waals surface area contributed by atoms with Gasteiger partial charge >= 0.3 is 5.97 Å². The maximum atomic E-state index is 12.1. The van der Waals surface area contributed by atoms with Crippen molar-refractivity contribution in [2.24, 2.45) is 10.5 Å². The molecular formula is C30H36N2O5. The van der Waals surface area contributed by atoms with Crippen LogP contribution in [0.2, 0.25) is 0 Å². The lowest BCUT2D eigenvalue weighted by molar-refractivity contribution is -0.123. The third-order valence-corrected chi connectivity index (χ3v) is 5.67. The van der Waals surface area contributed by atoms with E-state index in [0.29, 0.717) is 29.4 Å². The topological polar surface area (TPSA) is 90.1 Å². The van der Waals surface area contributed by atoms with Gasteiger partial charge in [-0.2, -0.15) is 5.10 Å². The number of ether oxygens (including phenoxy) is 2. The van der Waals surface area contributed by atoms with Crippen molar-refractivity contribution in [3.8, 4) is 17.1 Å². The molecule has 3 rings (SSSR count). The molecular weight excluding hydrogens is 468 g/mol. The molecule has 1 N–H and O–H groups in total. The molecule has 0 spiro atoms. The van der Waals surface area contributed by atoms with Gasteiger partial charge in [-0.3, -0.25) is 4.79 Å². The Morgan fingerprint density at radius 2 is 1.62 bits per heavy atom. The van der Waals surface area contributed by atoms with Crippen LogP contribution in [-0.2, 0) is 14.9 Å². The Balaban J connectivity index is 1.48. The van der Waals surface area contributed by atoms with Crippen LogP contribution in [0.1, 0.15) is 69.6 Å².